The van der Waals surface area contributed by atoms with Gasteiger partial charge in [-0.25, -0.2) is 28.4 Å². The molecule has 0 saturated carbocycles. The molecule has 3 unspecified atom stereocenters. The molecule has 0 aliphatic heterocycles. The van der Waals surface area contributed by atoms with Crippen LogP contribution in [0.3, 0.4) is 0 Å². The molecule has 0 amide bonds. The third-order valence-electron chi connectivity index (χ3n) is 5.84. The zero-order chi connectivity index (χ0) is 26.0. The van der Waals surface area contributed by atoms with Crippen molar-refractivity contribution in [2.75, 3.05) is 11.8 Å². The summed E-state index contributed by atoms with van der Waals surface area (Å²) >= 11 is 5.87. The fourth-order valence-corrected chi connectivity index (χ4v) is 4.95. The Bertz CT molecular complexity index is 1450. The van der Waals surface area contributed by atoms with Gasteiger partial charge in [-0.05, 0) is 19.9 Å². The lowest BCUT2D eigenvalue weighted by molar-refractivity contribution is 0.398. The van der Waals surface area contributed by atoms with Crippen molar-refractivity contribution >= 4 is 27.6 Å². The minimum absolute atomic E-state index is 0.00111. The van der Waals surface area contributed by atoms with Crippen LogP contribution in [0.25, 0.3) is 11.5 Å². The molecule has 3 atom stereocenters. The summed E-state index contributed by atoms with van der Waals surface area (Å²) in [5, 5.41) is 12.0. The highest BCUT2D eigenvalue weighted by atomic mass is 35.5. The van der Waals surface area contributed by atoms with Crippen molar-refractivity contribution in [2.24, 2.45) is 7.05 Å². The Hall–Kier alpha value is -3.65. The number of aromatic nitrogens is 9. The zero-order valence-corrected chi connectivity index (χ0v) is 21.8. The number of pyridine rings is 1. The van der Waals surface area contributed by atoms with Gasteiger partial charge >= 0.3 is 0 Å². The number of nitrogens with one attached hydrogen (secondary N) is 1. The first kappa shape index (κ1) is 25.4. The maximum atomic E-state index is 13.4. The number of sulfonamides is 1. The third-order valence-corrected chi connectivity index (χ3v) is 7.89. The van der Waals surface area contributed by atoms with E-state index in [1.807, 2.05) is 6.92 Å². The number of anilines is 1. The summed E-state index contributed by atoms with van der Waals surface area (Å²) in [6, 6.07) is 4.68. The van der Waals surface area contributed by atoms with E-state index in [0.717, 1.165) is 0 Å². The second-order valence-electron chi connectivity index (χ2n) is 8.10. The number of hydrogen-bond acceptors (Lipinski definition) is 10. The summed E-state index contributed by atoms with van der Waals surface area (Å²) in [4.78, 5) is 17.1. The molecule has 0 spiro atoms. The summed E-state index contributed by atoms with van der Waals surface area (Å²) in [5.74, 6) is 1.08. The van der Waals surface area contributed by atoms with E-state index in [0.29, 0.717) is 34.1 Å². The Morgan fingerprint density at radius 1 is 1.08 bits per heavy atom. The van der Waals surface area contributed by atoms with Gasteiger partial charge in [0.15, 0.2) is 5.82 Å². The van der Waals surface area contributed by atoms with Crippen LogP contribution >= 0.6 is 11.6 Å². The molecule has 15 heteroatoms. The summed E-state index contributed by atoms with van der Waals surface area (Å²) in [5.41, 5.74) is 0.442. The summed E-state index contributed by atoms with van der Waals surface area (Å²) in [6.45, 7) is 5.14. The summed E-state index contributed by atoms with van der Waals surface area (Å²) in [7, 11) is -0.714. The van der Waals surface area contributed by atoms with Gasteiger partial charge in [0, 0.05) is 31.4 Å². The summed E-state index contributed by atoms with van der Waals surface area (Å²) < 4.78 is 37.9. The molecule has 4 aromatic rings. The smallest absolute Gasteiger partial charge is 0.239 e. The number of rotatable bonds is 9. The third kappa shape index (κ3) is 4.99. The predicted molar refractivity (Wildman–Crippen MR) is 132 cm³/mol. The molecule has 0 aliphatic rings. The number of aryl methyl sites for hydroxylation is 1. The van der Waals surface area contributed by atoms with Crippen molar-refractivity contribution in [1.29, 1.82) is 0 Å². The number of halogens is 1. The van der Waals surface area contributed by atoms with Crippen LogP contribution in [-0.4, -0.2) is 65.3 Å². The molecule has 4 rings (SSSR count). The average molecular weight is 533 g/mol. The van der Waals surface area contributed by atoms with Crippen LogP contribution in [0.4, 0.5) is 5.95 Å². The van der Waals surface area contributed by atoms with E-state index in [-0.39, 0.29) is 5.95 Å². The monoisotopic (exact) mass is 532 g/mol. The highest BCUT2D eigenvalue weighted by Crippen LogP contribution is 2.30. The van der Waals surface area contributed by atoms with Gasteiger partial charge < -0.3 is 4.74 Å². The van der Waals surface area contributed by atoms with Crippen LogP contribution in [0.1, 0.15) is 44.4 Å². The predicted octanol–water partition coefficient (Wildman–Crippen LogP) is 2.46. The van der Waals surface area contributed by atoms with Gasteiger partial charge in [0.05, 0.1) is 23.4 Å². The van der Waals surface area contributed by atoms with E-state index in [1.54, 1.807) is 48.3 Å². The quantitative estimate of drug-likeness (QED) is 0.339. The standard InChI is InChI=1S/C21H25ClN10O3S/c1-12(18-23-9-15(22)10-24-18)14(3)36(33,34)30-21-29-28-20(16-7-6-8-17(27-16)35-5)32(21)13(2)19-25-11-26-31(19)4/h6-14H,1-5H3,(H,29,30). The SMILES string of the molecule is COc1cccc(-c2nnc(NS(=O)(=O)C(C)C(C)c3ncc(Cl)cn3)n2C(C)c2ncnn2C)n1. The maximum absolute atomic E-state index is 13.4. The molecule has 0 aliphatic carbocycles. The molecule has 0 radical (unpaired) electrons. The molecule has 0 aromatic carbocycles. The van der Waals surface area contributed by atoms with E-state index in [1.165, 1.54) is 25.8 Å². The molecular formula is C21H25ClN10O3S. The fraction of sp³-hybridized carbons (Fsp3) is 0.381. The van der Waals surface area contributed by atoms with E-state index in [9.17, 15) is 8.42 Å². The van der Waals surface area contributed by atoms with Crippen molar-refractivity contribution in [3.63, 3.8) is 0 Å². The Kier molecular flexibility index (Phi) is 7.17. The van der Waals surface area contributed by atoms with E-state index in [2.05, 4.69) is 40.0 Å². The summed E-state index contributed by atoms with van der Waals surface area (Å²) in [6.07, 6.45) is 4.28. The van der Waals surface area contributed by atoms with Gasteiger partial charge in [0.25, 0.3) is 0 Å². The molecule has 4 aromatic heterocycles. The second-order valence-corrected chi connectivity index (χ2v) is 10.6. The van der Waals surface area contributed by atoms with Crippen LogP contribution < -0.4 is 9.46 Å². The van der Waals surface area contributed by atoms with Gasteiger partial charge in [-0.15, -0.1) is 10.2 Å². The van der Waals surface area contributed by atoms with Crippen molar-refractivity contribution < 1.29 is 13.2 Å². The largest absolute Gasteiger partial charge is 0.481 e. The van der Waals surface area contributed by atoms with Crippen molar-refractivity contribution in [3.05, 3.63) is 53.6 Å². The minimum atomic E-state index is -3.96. The molecule has 4 heterocycles. The van der Waals surface area contributed by atoms with Crippen LogP contribution in [0.5, 0.6) is 5.88 Å². The highest BCUT2D eigenvalue weighted by Gasteiger charge is 2.32. The van der Waals surface area contributed by atoms with Crippen molar-refractivity contribution in [1.82, 2.24) is 44.5 Å². The average Bonchev–Trinajstić information content (AvgIpc) is 3.49. The number of methoxy groups -OCH3 is 1. The molecular weight excluding hydrogens is 508 g/mol. The first-order chi connectivity index (χ1) is 17.1. The lowest BCUT2D eigenvalue weighted by Crippen LogP contribution is -2.32. The molecule has 0 bridgehead atoms. The topological polar surface area (TPSA) is 155 Å². The number of hydrogen-bond donors (Lipinski definition) is 1. The Balaban J connectivity index is 1.74. The Morgan fingerprint density at radius 2 is 1.81 bits per heavy atom. The molecule has 1 N–H and O–H groups in total. The van der Waals surface area contributed by atoms with Gasteiger partial charge in [0.2, 0.25) is 21.9 Å². The molecule has 13 nitrogen and oxygen atoms in total. The van der Waals surface area contributed by atoms with Crippen LogP contribution in [0.2, 0.25) is 5.02 Å². The Labute approximate surface area is 213 Å². The number of nitrogens with zero attached hydrogens (tertiary/aromatic N) is 9. The van der Waals surface area contributed by atoms with Crippen LogP contribution in [0.15, 0.2) is 36.9 Å². The molecule has 36 heavy (non-hydrogen) atoms. The van der Waals surface area contributed by atoms with E-state index in [4.69, 9.17) is 16.3 Å². The Morgan fingerprint density at radius 3 is 2.44 bits per heavy atom. The normalized spacial score (nSPS) is 14.3. The van der Waals surface area contributed by atoms with Gasteiger partial charge in [0.1, 0.15) is 23.7 Å². The first-order valence-electron chi connectivity index (χ1n) is 10.9. The maximum Gasteiger partial charge on any atom is 0.239 e. The lowest BCUT2D eigenvalue weighted by Gasteiger charge is -2.22. The van der Waals surface area contributed by atoms with Crippen molar-refractivity contribution in [2.45, 2.75) is 38.0 Å². The lowest BCUT2D eigenvalue weighted by atomic mass is 10.1. The number of ether oxygens (including phenoxy) is 1. The van der Waals surface area contributed by atoms with E-state index < -0.39 is 27.2 Å². The molecule has 0 fully saturated rings. The van der Waals surface area contributed by atoms with Crippen LogP contribution in [-0.2, 0) is 17.1 Å². The minimum Gasteiger partial charge on any atom is -0.481 e. The van der Waals surface area contributed by atoms with Crippen LogP contribution in [0, 0.1) is 0 Å². The fourth-order valence-electron chi connectivity index (χ4n) is 3.61. The van der Waals surface area contributed by atoms with Gasteiger partial charge in [-0.3, -0.25) is 14.0 Å². The second kappa shape index (κ2) is 10.1. The first-order valence-corrected chi connectivity index (χ1v) is 12.8. The highest BCUT2D eigenvalue weighted by molar-refractivity contribution is 7.93. The van der Waals surface area contributed by atoms with Gasteiger partial charge in [-0.2, -0.15) is 5.10 Å². The van der Waals surface area contributed by atoms with E-state index >= 15 is 0 Å². The van der Waals surface area contributed by atoms with Crippen molar-refractivity contribution in [3.8, 4) is 17.4 Å². The molecule has 0 saturated heterocycles. The van der Waals surface area contributed by atoms with Gasteiger partial charge in [-0.1, -0.05) is 24.6 Å². The molecule has 190 valence electrons. The zero-order valence-electron chi connectivity index (χ0n) is 20.2.